The third-order valence-electron chi connectivity index (χ3n) is 7.39. The first-order valence-electron chi connectivity index (χ1n) is 15.6. The normalized spacial score (nSPS) is 12.8. The van der Waals surface area contributed by atoms with Gasteiger partial charge in [0.05, 0.1) is 0 Å². The fourth-order valence-corrected chi connectivity index (χ4v) is 7.93. The fraction of sp³-hybridized carbons (Fsp3) is 0.571. The van der Waals surface area contributed by atoms with Gasteiger partial charge in [-0.1, -0.05) is 0 Å². The molecule has 0 amide bonds. The van der Waals surface area contributed by atoms with Crippen LogP contribution in [0.3, 0.4) is 0 Å². The number of benzene rings is 2. The maximum atomic E-state index is 11.2. The number of nitrogens with one attached hydrogen (secondary N) is 1. The summed E-state index contributed by atoms with van der Waals surface area (Å²) >= 11 is 0.818. The van der Waals surface area contributed by atoms with E-state index in [1.54, 1.807) is 17.8 Å². The van der Waals surface area contributed by atoms with Crippen LogP contribution >= 0.6 is 11.8 Å². The molecule has 43 heavy (non-hydrogen) atoms. The second kappa shape index (κ2) is 14.7. The molecule has 3 rings (SSSR count). The molecule has 0 aliphatic heterocycles. The quantitative estimate of drug-likeness (QED) is 0.0787. The summed E-state index contributed by atoms with van der Waals surface area (Å²) in [5.41, 5.74) is 2.94. The summed E-state index contributed by atoms with van der Waals surface area (Å²) in [5, 5.41) is 25.9. The van der Waals surface area contributed by atoms with Crippen molar-refractivity contribution in [1.29, 1.82) is 0 Å². The van der Waals surface area contributed by atoms with E-state index in [9.17, 15) is 10.2 Å². The van der Waals surface area contributed by atoms with Crippen molar-refractivity contribution in [3.8, 4) is 11.5 Å². The number of aromatic nitrogens is 3. The van der Waals surface area contributed by atoms with Gasteiger partial charge in [0.25, 0.3) is 0 Å². The van der Waals surface area contributed by atoms with Crippen molar-refractivity contribution in [1.82, 2.24) is 15.0 Å². The van der Waals surface area contributed by atoms with E-state index in [0.717, 1.165) is 44.3 Å². The van der Waals surface area contributed by atoms with Crippen molar-refractivity contribution >= 4 is 48.1 Å². The number of aromatic hydroxyl groups is 2. The summed E-state index contributed by atoms with van der Waals surface area (Å²) in [6.07, 6.45) is 7.52. The van der Waals surface area contributed by atoms with Gasteiger partial charge in [-0.2, -0.15) is 0 Å². The van der Waals surface area contributed by atoms with Gasteiger partial charge in [-0.25, -0.2) is 0 Å². The molecule has 3 N–H and O–H groups in total. The Labute approximate surface area is 271 Å². The first kappa shape index (κ1) is 35.2. The van der Waals surface area contributed by atoms with E-state index in [1.807, 2.05) is 18.2 Å². The molecular weight excluding hydrogens is 615 g/mol. The summed E-state index contributed by atoms with van der Waals surface area (Å²) in [4.78, 5) is 14.7. The Morgan fingerprint density at radius 1 is 0.721 bits per heavy atom. The number of thioether (sulfide) groups is 1. The van der Waals surface area contributed by atoms with E-state index in [1.165, 1.54) is 36.5 Å². The minimum atomic E-state index is -0.881. The van der Waals surface area contributed by atoms with Crippen LogP contribution in [0.25, 0.3) is 0 Å². The molecule has 0 saturated carbocycles. The van der Waals surface area contributed by atoms with Gasteiger partial charge >= 0.3 is 272 Å². The number of phenols is 2. The summed E-state index contributed by atoms with van der Waals surface area (Å²) in [7, 11) is 0. The molecule has 0 aliphatic carbocycles. The number of rotatable bonds is 12. The van der Waals surface area contributed by atoms with E-state index in [0.29, 0.717) is 17.4 Å². The maximum absolute atomic E-state index is 11.2. The number of anilines is 2. The number of phenolic OH excluding ortho intramolecular Hbond substituents is 2. The molecule has 3 aromatic rings. The molecule has 236 valence electrons. The van der Waals surface area contributed by atoms with Crippen molar-refractivity contribution in [2.75, 3.05) is 11.1 Å². The third kappa shape index (κ3) is 10.4. The Morgan fingerprint density at radius 2 is 1.30 bits per heavy atom. The van der Waals surface area contributed by atoms with Gasteiger partial charge in [0, 0.05) is 0 Å². The Bertz CT molecular complexity index is 1340. The molecular formula is C35H53AsN4O2S. The second-order valence-electron chi connectivity index (χ2n) is 14.5. The molecule has 1 unspecified atom stereocenters. The summed E-state index contributed by atoms with van der Waals surface area (Å²) in [6, 6.07) is 9.94. The molecule has 0 fully saturated rings. The van der Waals surface area contributed by atoms with E-state index in [4.69, 9.17) is 15.0 Å². The number of nitrogens with zero attached hydrogens (tertiary/aromatic N) is 3. The van der Waals surface area contributed by atoms with Gasteiger partial charge in [-0.15, -0.1) is 0 Å². The van der Waals surface area contributed by atoms with Crippen LogP contribution in [-0.4, -0.2) is 46.7 Å². The molecule has 0 radical (unpaired) electrons. The molecule has 0 bridgehead atoms. The van der Waals surface area contributed by atoms with E-state index < -0.39 is 15.8 Å². The number of hydrogen-bond acceptors (Lipinski definition) is 7. The molecule has 1 aromatic heterocycles. The third-order valence-corrected chi connectivity index (χ3v) is 10.5. The first-order chi connectivity index (χ1) is 20.0. The summed E-state index contributed by atoms with van der Waals surface area (Å²) in [6.45, 7) is 21.3. The van der Waals surface area contributed by atoms with Crippen molar-refractivity contribution in [2.45, 2.75) is 129 Å². The molecule has 1 atom stereocenters. The molecule has 2 aromatic carbocycles. The van der Waals surface area contributed by atoms with Gasteiger partial charge in [0.2, 0.25) is 0 Å². The minimum absolute atomic E-state index is 0.162. The van der Waals surface area contributed by atoms with Crippen LogP contribution in [-0.2, 0) is 16.2 Å². The topological polar surface area (TPSA) is 91.2 Å². The van der Waals surface area contributed by atoms with Crippen molar-refractivity contribution in [3.63, 3.8) is 0 Å². The SMILES string of the molecule is CCCCCCCCSc1nc(Nc2cc(C(C)(C)C)c(O)c(C(C)(C)C)c2)nc([AsH]c2ccc(O)c(C(C)(C)C)c2)n1. The van der Waals surface area contributed by atoms with E-state index in [2.05, 4.69) is 80.6 Å². The van der Waals surface area contributed by atoms with Crippen LogP contribution < -0.4 is 14.3 Å². The van der Waals surface area contributed by atoms with Crippen LogP contribution in [0.2, 0.25) is 0 Å². The van der Waals surface area contributed by atoms with Crippen LogP contribution in [0, 0.1) is 0 Å². The predicted molar refractivity (Wildman–Crippen MR) is 186 cm³/mol. The molecule has 0 aliphatic rings. The zero-order chi connectivity index (χ0) is 32.0. The molecule has 1 heterocycles. The standard InChI is InChI=1S/C35H53AsN4O2S/c1-11-12-13-14-15-16-19-43-32-39-30(36-23-17-18-28(41)25(20-23)33(2,3)4)38-31(40-32)37-24-21-26(34(5,6)7)29(42)27(22-24)35(8,9)10/h17-18,20-22,36,41-42H,11-16,19H2,1-10H3,(H,37,38,39,40). The zero-order valence-corrected chi connectivity index (χ0v) is 30.9. The monoisotopic (exact) mass is 668 g/mol. The van der Waals surface area contributed by atoms with Gasteiger partial charge in [-0.3, -0.25) is 0 Å². The van der Waals surface area contributed by atoms with Crippen LogP contribution in [0.4, 0.5) is 11.6 Å². The van der Waals surface area contributed by atoms with Crippen molar-refractivity contribution in [3.05, 3.63) is 47.0 Å². The second-order valence-corrected chi connectivity index (χ2v) is 18.3. The van der Waals surface area contributed by atoms with E-state index in [-0.39, 0.29) is 16.2 Å². The van der Waals surface area contributed by atoms with Gasteiger partial charge in [0.15, 0.2) is 0 Å². The Morgan fingerprint density at radius 3 is 1.88 bits per heavy atom. The van der Waals surface area contributed by atoms with Gasteiger partial charge < -0.3 is 0 Å². The fourth-order valence-electron chi connectivity index (χ4n) is 4.90. The average molecular weight is 669 g/mol. The molecule has 0 spiro atoms. The van der Waals surface area contributed by atoms with Gasteiger partial charge in [-0.05, 0) is 0 Å². The Balaban J connectivity index is 1.97. The zero-order valence-electron chi connectivity index (χ0n) is 28.0. The summed E-state index contributed by atoms with van der Waals surface area (Å²) < 4.78 is 1.97. The Hall–Kier alpha value is -2.24. The Kier molecular flexibility index (Phi) is 12.0. The van der Waals surface area contributed by atoms with Crippen LogP contribution in [0.15, 0.2) is 35.5 Å². The molecule has 8 heteroatoms. The molecule has 0 saturated heterocycles. The van der Waals surface area contributed by atoms with Crippen molar-refractivity contribution in [2.24, 2.45) is 0 Å². The number of unbranched alkanes of at least 4 members (excludes halogenated alkanes) is 5. The number of hydrogen-bond donors (Lipinski definition) is 3. The molecule has 6 nitrogen and oxygen atoms in total. The summed E-state index contributed by atoms with van der Waals surface area (Å²) in [5.74, 6) is 2.18. The average Bonchev–Trinajstić information content (AvgIpc) is 2.88. The first-order valence-corrected chi connectivity index (χ1v) is 18.7. The van der Waals surface area contributed by atoms with Crippen LogP contribution in [0.5, 0.6) is 11.5 Å². The van der Waals surface area contributed by atoms with Crippen molar-refractivity contribution < 1.29 is 10.2 Å². The predicted octanol–water partition coefficient (Wildman–Crippen LogP) is 7.76. The van der Waals surface area contributed by atoms with Gasteiger partial charge in [0.1, 0.15) is 0 Å². The van der Waals surface area contributed by atoms with E-state index >= 15 is 0 Å². The van der Waals surface area contributed by atoms with Crippen LogP contribution in [0.1, 0.15) is 124 Å².